The van der Waals surface area contributed by atoms with Crippen LogP contribution in [0.1, 0.15) is 16.8 Å². The summed E-state index contributed by atoms with van der Waals surface area (Å²) in [5.41, 5.74) is 3.77. The lowest BCUT2D eigenvalue weighted by Crippen LogP contribution is -2.13. The van der Waals surface area contributed by atoms with Crippen molar-refractivity contribution >= 4 is 0 Å². The van der Waals surface area contributed by atoms with Crippen molar-refractivity contribution in [1.82, 2.24) is 10.3 Å². The van der Waals surface area contributed by atoms with Gasteiger partial charge in [-0.25, -0.2) is 0 Å². The van der Waals surface area contributed by atoms with Gasteiger partial charge in [0.2, 0.25) is 0 Å². The molecule has 1 aliphatic heterocycles. The minimum Gasteiger partial charge on any atom is -0.309 e. The highest BCUT2D eigenvalue weighted by Crippen LogP contribution is 2.30. The molecule has 104 valence electrons. The molecule has 2 aromatic rings. The quantitative estimate of drug-likeness (QED) is 0.910. The van der Waals surface area contributed by atoms with Crippen molar-refractivity contribution in [2.75, 3.05) is 0 Å². The highest BCUT2D eigenvalue weighted by molar-refractivity contribution is 5.67. The molecule has 0 spiro atoms. The first-order chi connectivity index (χ1) is 9.53. The van der Waals surface area contributed by atoms with Gasteiger partial charge in [-0.3, -0.25) is 4.98 Å². The van der Waals surface area contributed by atoms with E-state index in [0.717, 1.165) is 24.2 Å². The molecule has 3 rings (SSSR count). The summed E-state index contributed by atoms with van der Waals surface area (Å²) >= 11 is 0. The number of halogens is 3. The highest BCUT2D eigenvalue weighted by Gasteiger charge is 2.30. The molecular weight excluding hydrogens is 265 g/mol. The SMILES string of the molecule is FC(F)(F)Cc1ncccc1-c1ccc2c(c1)CNC2. The molecule has 2 heterocycles. The average Bonchev–Trinajstić information content (AvgIpc) is 2.84. The molecule has 0 radical (unpaired) electrons. The van der Waals surface area contributed by atoms with Crippen molar-refractivity contribution in [2.24, 2.45) is 0 Å². The molecule has 2 nitrogen and oxygen atoms in total. The average molecular weight is 278 g/mol. The van der Waals surface area contributed by atoms with Gasteiger partial charge in [0.1, 0.15) is 0 Å². The number of benzene rings is 1. The molecule has 0 fully saturated rings. The number of nitrogens with one attached hydrogen (secondary N) is 1. The van der Waals surface area contributed by atoms with Gasteiger partial charge in [-0.2, -0.15) is 13.2 Å². The van der Waals surface area contributed by atoms with Gasteiger partial charge in [-0.05, 0) is 28.8 Å². The Kier molecular flexibility index (Phi) is 3.22. The molecule has 0 unspecified atom stereocenters. The second-order valence-corrected chi connectivity index (χ2v) is 4.88. The second-order valence-electron chi connectivity index (χ2n) is 4.88. The molecule has 1 aromatic carbocycles. The van der Waals surface area contributed by atoms with Crippen LogP contribution in [-0.4, -0.2) is 11.2 Å². The highest BCUT2D eigenvalue weighted by atomic mass is 19.4. The van der Waals surface area contributed by atoms with Crippen molar-refractivity contribution in [2.45, 2.75) is 25.7 Å². The number of alkyl halides is 3. The normalized spacial score (nSPS) is 14.3. The lowest BCUT2D eigenvalue weighted by atomic mass is 9.98. The fraction of sp³-hybridized carbons (Fsp3) is 0.267. The van der Waals surface area contributed by atoms with Crippen LogP contribution in [0.15, 0.2) is 36.5 Å². The Bertz CT molecular complexity index is 635. The Hall–Kier alpha value is -1.88. The number of hydrogen-bond acceptors (Lipinski definition) is 2. The molecule has 20 heavy (non-hydrogen) atoms. The molecule has 0 amide bonds. The van der Waals surface area contributed by atoms with Gasteiger partial charge in [-0.15, -0.1) is 0 Å². The largest absolute Gasteiger partial charge is 0.394 e. The first-order valence-corrected chi connectivity index (χ1v) is 6.36. The molecule has 0 saturated heterocycles. The zero-order valence-corrected chi connectivity index (χ0v) is 10.7. The van der Waals surface area contributed by atoms with Crippen LogP contribution in [-0.2, 0) is 19.5 Å². The van der Waals surface area contributed by atoms with Crippen LogP contribution >= 0.6 is 0 Å². The van der Waals surface area contributed by atoms with Gasteiger partial charge in [0, 0.05) is 24.8 Å². The van der Waals surface area contributed by atoms with E-state index >= 15 is 0 Å². The van der Waals surface area contributed by atoms with E-state index in [0.29, 0.717) is 5.56 Å². The third-order valence-corrected chi connectivity index (χ3v) is 3.41. The molecule has 1 N–H and O–H groups in total. The van der Waals surface area contributed by atoms with Crippen molar-refractivity contribution in [3.8, 4) is 11.1 Å². The van der Waals surface area contributed by atoms with Gasteiger partial charge in [0.15, 0.2) is 0 Å². The van der Waals surface area contributed by atoms with E-state index < -0.39 is 12.6 Å². The number of rotatable bonds is 2. The first-order valence-electron chi connectivity index (χ1n) is 6.36. The second kappa shape index (κ2) is 4.90. The van der Waals surface area contributed by atoms with Crippen molar-refractivity contribution in [1.29, 1.82) is 0 Å². The number of nitrogens with zero attached hydrogens (tertiary/aromatic N) is 1. The Labute approximate surface area is 114 Å². The lowest BCUT2D eigenvalue weighted by Gasteiger charge is -2.11. The summed E-state index contributed by atoms with van der Waals surface area (Å²) < 4.78 is 37.8. The molecule has 1 aliphatic rings. The summed E-state index contributed by atoms with van der Waals surface area (Å²) in [6, 6.07) is 9.14. The predicted octanol–water partition coefficient (Wildman–Crippen LogP) is 3.46. The van der Waals surface area contributed by atoms with Crippen LogP contribution in [0.2, 0.25) is 0 Å². The minimum atomic E-state index is -4.25. The van der Waals surface area contributed by atoms with E-state index in [4.69, 9.17) is 0 Å². The number of aromatic nitrogens is 1. The molecule has 0 atom stereocenters. The summed E-state index contributed by atoms with van der Waals surface area (Å²) in [5, 5.41) is 3.22. The Morgan fingerprint density at radius 2 is 1.90 bits per heavy atom. The lowest BCUT2D eigenvalue weighted by molar-refractivity contribution is -0.127. The fourth-order valence-electron chi connectivity index (χ4n) is 2.49. The molecule has 5 heteroatoms. The maximum Gasteiger partial charge on any atom is 0.394 e. The maximum absolute atomic E-state index is 12.6. The predicted molar refractivity (Wildman–Crippen MR) is 70.0 cm³/mol. The van der Waals surface area contributed by atoms with E-state index in [1.807, 2.05) is 18.2 Å². The summed E-state index contributed by atoms with van der Waals surface area (Å²) in [6.45, 7) is 1.58. The van der Waals surface area contributed by atoms with E-state index in [1.54, 1.807) is 12.1 Å². The van der Waals surface area contributed by atoms with Crippen LogP contribution in [0.5, 0.6) is 0 Å². The van der Waals surface area contributed by atoms with Crippen LogP contribution in [0, 0.1) is 0 Å². The van der Waals surface area contributed by atoms with Crippen molar-refractivity contribution in [3.05, 3.63) is 53.3 Å². The maximum atomic E-state index is 12.6. The van der Waals surface area contributed by atoms with Crippen LogP contribution in [0.3, 0.4) is 0 Å². The van der Waals surface area contributed by atoms with E-state index in [9.17, 15) is 13.2 Å². The Morgan fingerprint density at radius 1 is 1.10 bits per heavy atom. The molecule has 1 aromatic heterocycles. The summed E-state index contributed by atoms with van der Waals surface area (Å²) in [4.78, 5) is 3.90. The van der Waals surface area contributed by atoms with Gasteiger partial charge >= 0.3 is 6.18 Å². The van der Waals surface area contributed by atoms with Crippen LogP contribution in [0.25, 0.3) is 11.1 Å². The van der Waals surface area contributed by atoms with Gasteiger partial charge in [0.05, 0.1) is 12.1 Å². The number of fused-ring (bicyclic) bond motifs is 1. The first kappa shape index (κ1) is 13.1. The number of pyridine rings is 1. The van der Waals surface area contributed by atoms with Gasteiger partial charge in [0.25, 0.3) is 0 Å². The van der Waals surface area contributed by atoms with Gasteiger partial charge in [-0.1, -0.05) is 18.2 Å². The van der Waals surface area contributed by atoms with E-state index in [-0.39, 0.29) is 5.69 Å². The summed E-state index contributed by atoms with van der Waals surface area (Å²) in [5.74, 6) is 0. The van der Waals surface area contributed by atoms with Gasteiger partial charge < -0.3 is 5.32 Å². The summed E-state index contributed by atoms with van der Waals surface area (Å²) in [6.07, 6.45) is -3.85. The Balaban J connectivity index is 2.02. The molecule has 0 aliphatic carbocycles. The Morgan fingerprint density at radius 3 is 2.70 bits per heavy atom. The number of hydrogen-bond donors (Lipinski definition) is 1. The fourth-order valence-corrected chi connectivity index (χ4v) is 2.49. The van der Waals surface area contributed by atoms with E-state index in [1.165, 1.54) is 11.8 Å². The van der Waals surface area contributed by atoms with Crippen molar-refractivity contribution in [3.63, 3.8) is 0 Å². The van der Waals surface area contributed by atoms with Crippen LogP contribution < -0.4 is 5.32 Å². The third-order valence-electron chi connectivity index (χ3n) is 3.41. The van der Waals surface area contributed by atoms with E-state index in [2.05, 4.69) is 10.3 Å². The molecular formula is C15H13F3N2. The summed E-state index contributed by atoms with van der Waals surface area (Å²) in [7, 11) is 0. The zero-order chi connectivity index (χ0) is 14.2. The molecule has 0 saturated carbocycles. The minimum absolute atomic E-state index is 0.0749. The van der Waals surface area contributed by atoms with Crippen LogP contribution in [0.4, 0.5) is 13.2 Å². The monoisotopic (exact) mass is 278 g/mol. The van der Waals surface area contributed by atoms with Crippen molar-refractivity contribution < 1.29 is 13.2 Å². The third kappa shape index (κ3) is 2.67. The topological polar surface area (TPSA) is 24.9 Å². The zero-order valence-electron chi connectivity index (χ0n) is 10.7. The standard InChI is InChI=1S/C15H13F3N2/c16-15(17,18)7-14-13(2-1-5-20-14)10-3-4-11-8-19-9-12(11)6-10/h1-6,19H,7-9H2. The molecule has 0 bridgehead atoms. The smallest absolute Gasteiger partial charge is 0.309 e.